The Morgan fingerprint density at radius 1 is 1.09 bits per heavy atom. The molecule has 5 heteroatoms. The molecule has 0 bridgehead atoms. The number of amides is 1. The van der Waals surface area contributed by atoms with Crippen LogP contribution < -0.4 is 10.1 Å². The Hall–Kier alpha value is -3.60. The highest BCUT2D eigenvalue weighted by Gasteiger charge is 2.31. The Bertz CT molecular complexity index is 1300. The summed E-state index contributed by atoms with van der Waals surface area (Å²) in [5, 5.41) is 4.43. The molecule has 2 atom stereocenters. The van der Waals surface area contributed by atoms with Crippen LogP contribution in [0, 0.1) is 0 Å². The Morgan fingerprint density at radius 2 is 1.97 bits per heavy atom. The third kappa shape index (κ3) is 3.25. The zero-order valence-electron chi connectivity index (χ0n) is 17.8. The van der Waals surface area contributed by atoms with E-state index in [1.807, 2.05) is 18.2 Å². The summed E-state index contributed by atoms with van der Waals surface area (Å²) in [4.78, 5) is 20.8. The van der Waals surface area contributed by atoms with E-state index in [4.69, 9.17) is 4.74 Å². The fourth-order valence-electron chi connectivity index (χ4n) is 5.23. The highest BCUT2D eigenvalue weighted by molar-refractivity contribution is 5.90. The lowest BCUT2D eigenvalue weighted by atomic mass is 9.86. The van der Waals surface area contributed by atoms with Crippen LogP contribution in [-0.2, 0) is 17.6 Å². The van der Waals surface area contributed by atoms with Crippen molar-refractivity contribution in [2.24, 2.45) is 0 Å². The molecule has 2 aromatic heterocycles. The minimum atomic E-state index is -0.123. The molecule has 2 N–H and O–H groups in total. The van der Waals surface area contributed by atoms with Gasteiger partial charge in [-0.25, -0.2) is 0 Å². The first-order valence-electron chi connectivity index (χ1n) is 11.3. The van der Waals surface area contributed by atoms with Crippen LogP contribution in [0.3, 0.4) is 0 Å². The van der Waals surface area contributed by atoms with E-state index < -0.39 is 0 Å². The van der Waals surface area contributed by atoms with Crippen molar-refractivity contribution in [2.75, 3.05) is 6.54 Å². The standard InChI is InChI=1S/C27H25N3O2/c31-27(23-9-4-8-22-21-6-1-2-10-24(21)30-25(22)23)29-16-19-15-18-5-3-7-20(26(18)32-19)17-11-13-28-14-12-17/h1-3,5-7,10-14,19,23,30H,4,8-9,15-16H2,(H,29,31)/t19-,23-/m0/s1. The Balaban J connectivity index is 1.17. The number of benzene rings is 2. The van der Waals surface area contributed by atoms with Crippen LogP contribution in [0.25, 0.3) is 22.0 Å². The number of aromatic amines is 1. The van der Waals surface area contributed by atoms with Crippen LogP contribution in [0.5, 0.6) is 5.75 Å². The second kappa shape index (κ2) is 7.83. The molecule has 32 heavy (non-hydrogen) atoms. The highest BCUT2D eigenvalue weighted by atomic mass is 16.5. The molecule has 2 aliphatic rings. The summed E-state index contributed by atoms with van der Waals surface area (Å²) in [6.45, 7) is 0.509. The zero-order valence-corrected chi connectivity index (χ0v) is 17.8. The van der Waals surface area contributed by atoms with E-state index in [0.717, 1.165) is 53.8 Å². The van der Waals surface area contributed by atoms with Crippen LogP contribution in [0.15, 0.2) is 67.0 Å². The molecule has 1 amide bonds. The zero-order chi connectivity index (χ0) is 21.5. The first-order chi connectivity index (χ1) is 15.8. The average molecular weight is 424 g/mol. The van der Waals surface area contributed by atoms with Crippen LogP contribution in [0.1, 0.15) is 35.6 Å². The first-order valence-corrected chi connectivity index (χ1v) is 11.3. The maximum absolute atomic E-state index is 13.2. The number of pyridine rings is 1. The molecule has 160 valence electrons. The number of nitrogens with zero attached hydrogens (tertiary/aromatic N) is 1. The fraction of sp³-hybridized carbons (Fsp3) is 0.259. The molecule has 6 rings (SSSR count). The number of H-pyrrole nitrogens is 1. The molecule has 0 fully saturated rings. The van der Waals surface area contributed by atoms with E-state index in [-0.39, 0.29) is 17.9 Å². The molecule has 1 aliphatic carbocycles. The lowest BCUT2D eigenvalue weighted by Crippen LogP contribution is -2.38. The summed E-state index contributed by atoms with van der Waals surface area (Å²) in [6.07, 6.45) is 7.28. The molecule has 0 saturated carbocycles. The van der Waals surface area contributed by atoms with Gasteiger partial charge in [-0.15, -0.1) is 0 Å². The van der Waals surface area contributed by atoms with Gasteiger partial charge in [0, 0.05) is 41.0 Å². The van der Waals surface area contributed by atoms with Gasteiger partial charge in [0.1, 0.15) is 11.9 Å². The molecule has 0 unspecified atom stereocenters. The third-order valence-corrected chi connectivity index (χ3v) is 6.76. The number of fused-ring (bicyclic) bond motifs is 4. The fourth-order valence-corrected chi connectivity index (χ4v) is 5.23. The smallest absolute Gasteiger partial charge is 0.229 e. The minimum absolute atomic E-state index is 0.0530. The highest BCUT2D eigenvalue weighted by Crippen LogP contribution is 2.39. The van der Waals surface area contributed by atoms with Crippen LogP contribution >= 0.6 is 0 Å². The van der Waals surface area contributed by atoms with Crippen molar-refractivity contribution in [1.82, 2.24) is 15.3 Å². The van der Waals surface area contributed by atoms with E-state index in [0.29, 0.717) is 6.54 Å². The van der Waals surface area contributed by atoms with Gasteiger partial charge in [0.15, 0.2) is 0 Å². The minimum Gasteiger partial charge on any atom is -0.487 e. The Labute approximate surface area is 186 Å². The lowest BCUT2D eigenvalue weighted by Gasteiger charge is -2.23. The number of hydrogen-bond acceptors (Lipinski definition) is 3. The quantitative estimate of drug-likeness (QED) is 0.497. The first kappa shape index (κ1) is 19.1. The van der Waals surface area contributed by atoms with Crippen LogP contribution in [-0.4, -0.2) is 28.5 Å². The summed E-state index contributed by atoms with van der Waals surface area (Å²) in [7, 11) is 0. The Morgan fingerprint density at radius 3 is 2.88 bits per heavy atom. The van der Waals surface area contributed by atoms with Gasteiger partial charge >= 0.3 is 0 Å². The summed E-state index contributed by atoms with van der Waals surface area (Å²) in [6, 6.07) is 18.6. The van der Waals surface area contributed by atoms with Gasteiger partial charge in [0.25, 0.3) is 0 Å². The van der Waals surface area contributed by atoms with Crippen molar-refractivity contribution in [3.63, 3.8) is 0 Å². The predicted molar refractivity (Wildman–Crippen MR) is 125 cm³/mol. The summed E-state index contributed by atoms with van der Waals surface area (Å²) in [5.74, 6) is 0.891. The number of hydrogen-bond donors (Lipinski definition) is 2. The van der Waals surface area contributed by atoms with E-state index >= 15 is 0 Å². The number of carbonyl (C=O) groups is 1. The number of para-hydroxylation sites is 2. The Kier molecular flexibility index (Phi) is 4.67. The number of rotatable bonds is 4. The van der Waals surface area contributed by atoms with Gasteiger partial charge in [-0.3, -0.25) is 9.78 Å². The molecule has 0 saturated heterocycles. The van der Waals surface area contributed by atoms with Gasteiger partial charge in [0.2, 0.25) is 5.91 Å². The van der Waals surface area contributed by atoms with E-state index in [1.165, 1.54) is 16.5 Å². The lowest BCUT2D eigenvalue weighted by molar-refractivity contribution is -0.123. The van der Waals surface area contributed by atoms with Crippen molar-refractivity contribution in [3.05, 3.63) is 83.8 Å². The van der Waals surface area contributed by atoms with E-state index in [2.05, 4.69) is 51.7 Å². The number of nitrogens with one attached hydrogen (secondary N) is 2. The molecular weight excluding hydrogens is 398 g/mol. The molecule has 4 aromatic rings. The molecule has 1 aliphatic heterocycles. The number of carbonyl (C=O) groups excluding carboxylic acids is 1. The van der Waals surface area contributed by atoms with Crippen LogP contribution in [0.2, 0.25) is 0 Å². The van der Waals surface area contributed by atoms with Gasteiger partial charge in [-0.05, 0) is 54.2 Å². The second-order valence-corrected chi connectivity index (χ2v) is 8.73. The SMILES string of the molecule is O=C(NC[C@@H]1Cc2cccc(-c3ccncc3)c2O1)[C@H]1CCCc2c1[nH]c1ccccc21. The average Bonchev–Trinajstić information content (AvgIpc) is 3.44. The van der Waals surface area contributed by atoms with E-state index in [1.54, 1.807) is 12.4 Å². The number of aromatic nitrogens is 2. The maximum Gasteiger partial charge on any atom is 0.229 e. The summed E-state index contributed by atoms with van der Waals surface area (Å²) >= 11 is 0. The summed E-state index contributed by atoms with van der Waals surface area (Å²) in [5.41, 5.74) is 6.87. The second-order valence-electron chi connectivity index (χ2n) is 8.73. The molecule has 5 nitrogen and oxygen atoms in total. The summed E-state index contributed by atoms with van der Waals surface area (Å²) < 4.78 is 6.30. The maximum atomic E-state index is 13.2. The van der Waals surface area contributed by atoms with Crippen molar-refractivity contribution in [2.45, 2.75) is 37.7 Å². The van der Waals surface area contributed by atoms with Crippen molar-refractivity contribution in [1.29, 1.82) is 0 Å². The number of aryl methyl sites for hydroxylation is 1. The van der Waals surface area contributed by atoms with Gasteiger partial charge in [-0.2, -0.15) is 0 Å². The molecule has 0 spiro atoms. The molecule has 0 radical (unpaired) electrons. The van der Waals surface area contributed by atoms with Gasteiger partial charge < -0.3 is 15.0 Å². The predicted octanol–water partition coefficient (Wildman–Crippen LogP) is 4.77. The molecule has 3 heterocycles. The molecular formula is C27H25N3O2. The van der Waals surface area contributed by atoms with Crippen molar-refractivity contribution < 1.29 is 9.53 Å². The van der Waals surface area contributed by atoms with Crippen molar-refractivity contribution in [3.8, 4) is 16.9 Å². The normalized spacial score (nSPS) is 19.2. The molecule has 2 aromatic carbocycles. The largest absolute Gasteiger partial charge is 0.487 e. The van der Waals surface area contributed by atoms with Gasteiger partial charge in [-0.1, -0.05) is 36.4 Å². The van der Waals surface area contributed by atoms with Crippen molar-refractivity contribution >= 4 is 16.8 Å². The van der Waals surface area contributed by atoms with Gasteiger partial charge in [0.05, 0.1) is 12.5 Å². The number of ether oxygens (including phenoxy) is 1. The monoisotopic (exact) mass is 423 g/mol. The van der Waals surface area contributed by atoms with Crippen LogP contribution in [0.4, 0.5) is 0 Å². The third-order valence-electron chi connectivity index (χ3n) is 6.76. The topological polar surface area (TPSA) is 67.0 Å². The van der Waals surface area contributed by atoms with E-state index in [9.17, 15) is 4.79 Å².